The maximum absolute atomic E-state index is 10.9. The summed E-state index contributed by atoms with van der Waals surface area (Å²) in [6, 6.07) is 0. The van der Waals surface area contributed by atoms with Gasteiger partial charge in [-0.1, -0.05) is 0 Å². The fourth-order valence-corrected chi connectivity index (χ4v) is 0.974. The Balaban J connectivity index is 2.53. The molecule has 0 radical (unpaired) electrons. The van der Waals surface area contributed by atoms with Gasteiger partial charge in [0.1, 0.15) is 6.34 Å². The first-order chi connectivity index (χ1) is 6.31. The Labute approximate surface area is 73.6 Å². The monoisotopic (exact) mass is 175 g/mol. The molecule has 1 amide bonds. The maximum atomic E-state index is 10.9. The first kappa shape index (κ1) is 7.66. The van der Waals surface area contributed by atoms with E-state index in [0.717, 1.165) is 6.21 Å². The molecular weight excluding hydrogens is 170 g/mol. The Morgan fingerprint density at radius 3 is 3.00 bits per heavy atom. The van der Waals surface area contributed by atoms with Crippen molar-refractivity contribution in [3.63, 3.8) is 0 Å². The predicted molar refractivity (Wildman–Crippen MR) is 50.2 cm³/mol. The summed E-state index contributed by atoms with van der Waals surface area (Å²) in [5, 5.41) is 0. The van der Waals surface area contributed by atoms with Gasteiger partial charge in [-0.05, 0) is 0 Å². The van der Waals surface area contributed by atoms with E-state index in [2.05, 4.69) is 25.0 Å². The lowest BCUT2D eigenvalue weighted by atomic mass is 10.2. The van der Waals surface area contributed by atoms with Crippen molar-refractivity contribution in [2.45, 2.75) is 0 Å². The first-order valence-electron chi connectivity index (χ1n) is 3.56. The van der Waals surface area contributed by atoms with Gasteiger partial charge in [0.15, 0.2) is 17.4 Å². The van der Waals surface area contributed by atoms with Gasteiger partial charge in [-0.15, -0.1) is 0 Å². The van der Waals surface area contributed by atoms with Gasteiger partial charge < -0.3 is 0 Å². The molecule has 6 heteroatoms. The number of nitrogens with zero attached hydrogens (tertiary/aromatic N) is 5. The average molecular weight is 175 g/mol. The van der Waals surface area contributed by atoms with Crippen molar-refractivity contribution >= 4 is 35.8 Å². The summed E-state index contributed by atoms with van der Waals surface area (Å²) in [4.78, 5) is 29.9. The highest BCUT2D eigenvalue weighted by atomic mass is 16.1. The Morgan fingerprint density at radius 2 is 2.23 bits per heavy atom. The van der Waals surface area contributed by atoms with E-state index in [1.807, 2.05) is 0 Å². The Hall–Kier alpha value is -1.98. The van der Waals surface area contributed by atoms with Crippen molar-refractivity contribution < 1.29 is 4.79 Å². The summed E-state index contributed by atoms with van der Waals surface area (Å²) in [6.07, 6.45) is 2.46. The van der Waals surface area contributed by atoms with Crippen molar-refractivity contribution in [3.8, 4) is 0 Å². The lowest BCUT2D eigenvalue weighted by molar-refractivity contribution is -0.111. The van der Waals surface area contributed by atoms with Gasteiger partial charge >= 0.3 is 0 Å². The third kappa shape index (κ3) is 1.22. The second kappa shape index (κ2) is 2.81. The second-order valence-electron chi connectivity index (χ2n) is 2.30. The van der Waals surface area contributed by atoms with E-state index < -0.39 is 5.91 Å². The molecule has 2 heterocycles. The highest BCUT2D eigenvalue weighted by Gasteiger charge is 2.21. The van der Waals surface area contributed by atoms with Crippen LogP contribution in [0.1, 0.15) is 0 Å². The third-order valence-corrected chi connectivity index (χ3v) is 1.51. The van der Waals surface area contributed by atoms with Gasteiger partial charge in [-0.2, -0.15) is 0 Å². The van der Waals surface area contributed by atoms with Crippen molar-refractivity contribution in [1.82, 2.24) is 0 Å². The first-order valence-corrected chi connectivity index (χ1v) is 3.56. The number of amides is 1. The number of aliphatic imine (C=N–C) groups is 5. The summed E-state index contributed by atoms with van der Waals surface area (Å²) in [6.45, 7) is 0. The van der Waals surface area contributed by atoms with E-state index in [-0.39, 0.29) is 0 Å². The number of carbonyl (C=O) groups is 1. The molecule has 0 spiro atoms. The zero-order valence-corrected chi connectivity index (χ0v) is 6.80. The highest BCUT2D eigenvalue weighted by Crippen LogP contribution is 2.02. The van der Waals surface area contributed by atoms with Crippen LogP contribution in [0.2, 0.25) is 0 Å². The molecule has 0 aromatic carbocycles. The van der Waals surface area contributed by atoms with E-state index >= 15 is 0 Å². The molecule has 0 aliphatic carbocycles. The Morgan fingerprint density at radius 1 is 1.38 bits per heavy atom. The van der Waals surface area contributed by atoms with Crippen LogP contribution >= 0.6 is 0 Å². The largest absolute Gasteiger partial charge is 0.289 e. The molecule has 2 rings (SSSR count). The van der Waals surface area contributed by atoms with Crippen LogP contribution in [0.15, 0.2) is 25.0 Å². The fourth-order valence-electron chi connectivity index (χ4n) is 0.974. The summed E-state index contributed by atoms with van der Waals surface area (Å²) in [5.41, 5.74) is 0.345. The summed E-state index contributed by atoms with van der Waals surface area (Å²) in [7, 11) is 1.57. The van der Waals surface area contributed by atoms with Gasteiger partial charge in [-0.25, -0.2) is 20.0 Å². The Kier molecular flexibility index (Phi) is 1.66. The lowest BCUT2D eigenvalue weighted by Gasteiger charge is -2.09. The number of hydrogen-bond acceptors (Lipinski definition) is 4. The standard InChI is InChI=1S/C7H5N5O/c1-8-6-5-7(11-3-10-6)9-2-4(13)12-5/h2-3H,1H3. The molecule has 6 nitrogen and oxygen atoms in total. The summed E-state index contributed by atoms with van der Waals surface area (Å²) in [5.74, 6) is 0.359. The SMILES string of the molecule is CN=C1N=CN=C2N=CC(=O)N=C12. The zero-order chi connectivity index (χ0) is 9.26. The van der Waals surface area contributed by atoms with E-state index in [1.54, 1.807) is 7.05 Å². The quantitative estimate of drug-likeness (QED) is 0.489. The van der Waals surface area contributed by atoms with Crippen LogP contribution in [0.5, 0.6) is 0 Å². The van der Waals surface area contributed by atoms with Crippen molar-refractivity contribution in [1.29, 1.82) is 0 Å². The smallest absolute Gasteiger partial charge is 0.268 e. The zero-order valence-electron chi connectivity index (χ0n) is 6.80. The molecule has 13 heavy (non-hydrogen) atoms. The second-order valence-corrected chi connectivity index (χ2v) is 2.30. The topological polar surface area (TPSA) is 78.9 Å². The number of rotatable bonds is 0. The van der Waals surface area contributed by atoms with Gasteiger partial charge in [0.2, 0.25) is 0 Å². The molecule has 0 aromatic rings. The molecule has 0 N–H and O–H groups in total. The minimum atomic E-state index is -0.410. The molecule has 0 atom stereocenters. The molecule has 0 bridgehead atoms. The van der Waals surface area contributed by atoms with E-state index in [9.17, 15) is 4.79 Å². The van der Waals surface area contributed by atoms with Crippen LogP contribution in [-0.2, 0) is 4.79 Å². The van der Waals surface area contributed by atoms with Crippen molar-refractivity contribution in [2.24, 2.45) is 25.0 Å². The minimum absolute atomic E-state index is 0.345. The highest BCUT2D eigenvalue weighted by molar-refractivity contribution is 6.73. The molecular formula is C7H5N5O. The van der Waals surface area contributed by atoms with E-state index in [1.165, 1.54) is 6.34 Å². The fraction of sp³-hybridized carbons (Fsp3) is 0.143. The molecule has 2 aliphatic rings. The van der Waals surface area contributed by atoms with Crippen LogP contribution in [0.3, 0.4) is 0 Å². The molecule has 0 fully saturated rings. The Bertz CT molecular complexity index is 413. The minimum Gasteiger partial charge on any atom is -0.268 e. The molecule has 2 aliphatic heterocycles. The summed E-state index contributed by atoms with van der Waals surface area (Å²) < 4.78 is 0. The maximum Gasteiger partial charge on any atom is 0.289 e. The van der Waals surface area contributed by atoms with Gasteiger partial charge in [-0.3, -0.25) is 9.79 Å². The van der Waals surface area contributed by atoms with Gasteiger partial charge in [0.25, 0.3) is 5.91 Å². The van der Waals surface area contributed by atoms with Crippen LogP contribution < -0.4 is 0 Å². The lowest BCUT2D eigenvalue weighted by Crippen LogP contribution is -2.29. The van der Waals surface area contributed by atoms with E-state index in [4.69, 9.17) is 0 Å². The number of carbonyl (C=O) groups excluding carboxylic acids is 1. The van der Waals surface area contributed by atoms with Crippen molar-refractivity contribution in [2.75, 3.05) is 7.05 Å². The van der Waals surface area contributed by atoms with Gasteiger partial charge in [0.05, 0.1) is 6.21 Å². The van der Waals surface area contributed by atoms with Crippen LogP contribution in [0.4, 0.5) is 0 Å². The predicted octanol–water partition coefficient (Wildman–Crippen LogP) is -0.493. The normalized spacial score (nSPS) is 22.8. The third-order valence-electron chi connectivity index (χ3n) is 1.51. The number of hydrogen-bond donors (Lipinski definition) is 0. The molecule has 0 saturated carbocycles. The number of fused-ring (bicyclic) bond motifs is 1. The molecule has 0 unspecified atom stereocenters. The van der Waals surface area contributed by atoms with Crippen LogP contribution in [0.25, 0.3) is 0 Å². The number of amidine groups is 2. The molecule has 0 aromatic heterocycles. The van der Waals surface area contributed by atoms with E-state index in [0.29, 0.717) is 17.4 Å². The van der Waals surface area contributed by atoms with Crippen molar-refractivity contribution in [3.05, 3.63) is 0 Å². The van der Waals surface area contributed by atoms with Crippen LogP contribution in [-0.4, -0.2) is 42.9 Å². The summed E-state index contributed by atoms with van der Waals surface area (Å²) >= 11 is 0. The average Bonchev–Trinajstić information content (AvgIpc) is 2.17. The molecule has 64 valence electrons. The molecule has 0 saturated heterocycles. The van der Waals surface area contributed by atoms with Crippen LogP contribution in [0, 0.1) is 0 Å². The van der Waals surface area contributed by atoms with Gasteiger partial charge in [0, 0.05) is 7.05 Å².